The number of fused-ring (bicyclic) bond motifs is 1. The summed E-state index contributed by atoms with van der Waals surface area (Å²) in [5, 5.41) is 1.34. The van der Waals surface area contributed by atoms with Crippen molar-refractivity contribution in [1.82, 2.24) is 9.88 Å². The summed E-state index contributed by atoms with van der Waals surface area (Å²) in [6.07, 6.45) is 13.1. The third-order valence-electron chi connectivity index (χ3n) is 6.41. The second-order valence-corrected chi connectivity index (χ2v) is 8.47. The number of H-pyrrole nitrogens is 1. The number of hydrogen-bond acceptors (Lipinski definition) is 3. The molecule has 162 valence electrons. The molecule has 31 heavy (non-hydrogen) atoms. The van der Waals surface area contributed by atoms with Crippen LogP contribution >= 0.6 is 0 Å². The lowest BCUT2D eigenvalue weighted by molar-refractivity contribution is -0.134. The fourth-order valence-electron chi connectivity index (χ4n) is 4.64. The van der Waals surface area contributed by atoms with E-state index in [-0.39, 0.29) is 5.97 Å². The van der Waals surface area contributed by atoms with Gasteiger partial charge in [-0.15, -0.1) is 0 Å². The van der Waals surface area contributed by atoms with Crippen LogP contribution in [0.2, 0.25) is 0 Å². The van der Waals surface area contributed by atoms with E-state index in [0.29, 0.717) is 6.04 Å². The van der Waals surface area contributed by atoms with Crippen molar-refractivity contribution in [2.75, 3.05) is 13.7 Å². The van der Waals surface area contributed by atoms with Gasteiger partial charge in [0, 0.05) is 42.3 Å². The summed E-state index contributed by atoms with van der Waals surface area (Å²) in [6, 6.07) is 17.7. The number of aromatic nitrogens is 1. The molecule has 4 rings (SSSR count). The first kappa shape index (κ1) is 21.4. The molecule has 1 saturated carbocycles. The summed E-state index contributed by atoms with van der Waals surface area (Å²) in [4.78, 5) is 17.4. The van der Waals surface area contributed by atoms with Crippen molar-refractivity contribution in [1.29, 1.82) is 0 Å². The van der Waals surface area contributed by atoms with Crippen molar-refractivity contribution < 1.29 is 9.53 Å². The Balaban J connectivity index is 1.45. The van der Waals surface area contributed by atoms with E-state index in [4.69, 9.17) is 0 Å². The minimum Gasteiger partial charge on any atom is -0.466 e. The number of nitrogens with zero attached hydrogens (tertiary/aromatic N) is 1. The molecule has 4 nitrogen and oxygen atoms in total. The van der Waals surface area contributed by atoms with Crippen LogP contribution in [0.4, 0.5) is 0 Å². The molecule has 1 aliphatic rings. The van der Waals surface area contributed by atoms with E-state index < -0.39 is 0 Å². The van der Waals surface area contributed by atoms with Gasteiger partial charge in [0.05, 0.1) is 7.11 Å². The molecule has 0 amide bonds. The number of rotatable bonds is 8. The molecule has 0 spiro atoms. The van der Waals surface area contributed by atoms with Gasteiger partial charge in [0.15, 0.2) is 0 Å². The fourth-order valence-corrected chi connectivity index (χ4v) is 4.64. The van der Waals surface area contributed by atoms with E-state index in [9.17, 15) is 4.79 Å². The van der Waals surface area contributed by atoms with Gasteiger partial charge in [0.25, 0.3) is 0 Å². The monoisotopic (exact) mass is 416 g/mol. The number of benzene rings is 2. The molecule has 0 radical (unpaired) electrons. The Hall–Kier alpha value is -2.85. The second kappa shape index (κ2) is 10.5. The molecule has 0 aliphatic heterocycles. The zero-order chi connectivity index (χ0) is 21.5. The van der Waals surface area contributed by atoms with Gasteiger partial charge in [0.1, 0.15) is 0 Å². The molecule has 0 bridgehead atoms. The lowest BCUT2D eigenvalue weighted by Crippen LogP contribution is -2.37. The second-order valence-electron chi connectivity index (χ2n) is 8.47. The molecule has 1 fully saturated rings. The van der Waals surface area contributed by atoms with Gasteiger partial charge in [-0.25, -0.2) is 4.79 Å². The lowest BCUT2D eigenvalue weighted by atomic mass is 9.93. The highest BCUT2D eigenvalue weighted by Crippen LogP contribution is 2.26. The van der Waals surface area contributed by atoms with Gasteiger partial charge >= 0.3 is 5.97 Å². The Morgan fingerprint density at radius 1 is 1.10 bits per heavy atom. The number of carbonyl (C=O) groups excluding carboxylic acids is 1. The maximum absolute atomic E-state index is 11.3. The molecular formula is C27H32N2O2. The first-order chi connectivity index (χ1) is 15.2. The highest BCUT2D eigenvalue weighted by molar-refractivity contribution is 5.86. The van der Waals surface area contributed by atoms with Crippen LogP contribution in [0.5, 0.6) is 0 Å². The third kappa shape index (κ3) is 5.65. The zero-order valence-electron chi connectivity index (χ0n) is 18.3. The van der Waals surface area contributed by atoms with Gasteiger partial charge in [-0.05, 0) is 48.1 Å². The van der Waals surface area contributed by atoms with E-state index >= 15 is 0 Å². The van der Waals surface area contributed by atoms with Crippen molar-refractivity contribution >= 4 is 22.9 Å². The summed E-state index contributed by atoms with van der Waals surface area (Å²) in [5.74, 6) is -0.329. The molecule has 4 heteroatoms. The van der Waals surface area contributed by atoms with Crippen LogP contribution in [0.25, 0.3) is 17.0 Å². The van der Waals surface area contributed by atoms with Gasteiger partial charge in [-0.1, -0.05) is 61.7 Å². The number of methoxy groups -OCH3 is 1. The van der Waals surface area contributed by atoms with E-state index in [1.54, 1.807) is 6.08 Å². The first-order valence-electron chi connectivity index (χ1n) is 11.4. The lowest BCUT2D eigenvalue weighted by Gasteiger charge is -2.34. The molecule has 0 saturated heterocycles. The van der Waals surface area contributed by atoms with Crippen LogP contribution in [-0.4, -0.2) is 35.5 Å². The molecule has 1 N–H and O–H groups in total. The number of hydrogen-bond donors (Lipinski definition) is 1. The molecule has 1 heterocycles. The first-order valence-corrected chi connectivity index (χ1v) is 11.4. The zero-order valence-corrected chi connectivity index (χ0v) is 18.3. The maximum Gasteiger partial charge on any atom is 0.330 e. The Labute approximate surface area is 184 Å². The number of ether oxygens (including phenoxy) is 1. The fraction of sp³-hybridized carbons (Fsp3) is 0.370. The number of aromatic amines is 1. The van der Waals surface area contributed by atoms with Crippen molar-refractivity contribution in [2.45, 2.75) is 51.1 Å². The van der Waals surface area contributed by atoms with Gasteiger partial charge in [0.2, 0.25) is 0 Å². The third-order valence-corrected chi connectivity index (χ3v) is 6.41. The Bertz CT molecular complexity index is 1010. The van der Waals surface area contributed by atoms with Crippen molar-refractivity contribution in [3.05, 3.63) is 77.5 Å². The van der Waals surface area contributed by atoms with Crippen molar-refractivity contribution in [3.63, 3.8) is 0 Å². The highest BCUT2D eigenvalue weighted by Gasteiger charge is 2.21. The predicted molar refractivity (Wildman–Crippen MR) is 127 cm³/mol. The SMILES string of the molecule is COC(=O)/C=C/c1ccc(CN(CCc2c[nH]c3ccccc23)C2CCCCC2)cc1. The standard InChI is InChI=1S/C27H32N2O2/c1-31-27(30)16-15-21-11-13-22(14-12-21)20-29(24-7-3-2-4-8-24)18-17-23-19-28-26-10-6-5-9-25(23)26/h5-6,9-16,19,24,28H,2-4,7-8,17-18,20H2,1H3/b16-15+. The van der Waals surface area contributed by atoms with E-state index in [1.165, 1.54) is 67.3 Å². The summed E-state index contributed by atoms with van der Waals surface area (Å²) >= 11 is 0. The Morgan fingerprint density at radius 3 is 2.65 bits per heavy atom. The van der Waals surface area contributed by atoms with Crippen LogP contribution in [0.3, 0.4) is 0 Å². The quantitative estimate of drug-likeness (QED) is 0.377. The maximum atomic E-state index is 11.3. The molecule has 3 aromatic rings. The topological polar surface area (TPSA) is 45.3 Å². The van der Waals surface area contributed by atoms with Crippen LogP contribution in [0.15, 0.2) is 60.8 Å². The average Bonchev–Trinajstić information content (AvgIpc) is 3.24. The number of esters is 1. The smallest absolute Gasteiger partial charge is 0.330 e. The van der Waals surface area contributed by atoms with E-state index in [1.807, 2.05) is 0 Å². The van der Waals surface area contributed by atoms with Crippen molar-refractivity contribution in [2.24, 2.45) is 0 Å². The van der Waals surface area contributed by atoms with Crippen LogP contribution < -0.4 is 0 Å². The van der Waals surface area contributed by atoms with Crippen molar-refractivity contribution in [3.8, 4) is 0 Å². The molecule has 1 aromatic heterocycles. The molecule has 2 aromatic carbocycles. The van der Waals surface area contributed by atoms with Crippen LogP contribution in [0, 0.1) is 0 Å². The predicted octanol–water partition coefficient (Wildman–Crippen LogP) is 5.73. The van der Waals surface area contributed by atoms with Crippen LogP contribution in [-0.2, 0) is 22.5 Å². The molecule has 1 aliphatic carbocycles. The molecular weight excluding hydrogens is 384 g/mol. The Morgan fingerprint density at radius 2 is 1.87 bits per heavy atom. The normalized spacial score (nSPS) is 15.2. The number of nitrogens with one attached hydrogen (secondary N) is 1. The number of para-hydroxylation sites is 1. The summed E-state index contributed by atoms with van der Waals surface area (Å²) in [6.45, 7) is 2.03. The van der Waals surface area contributed by atoms with E-state index in [2.05, 4.69) is 69.3 Å². The van der Waals surface area contributed by atoms with E-state index in [0.717, 1.165) is 25.1 Å². The molecule has 0 unspecified atom stereocenters. The minimum absolute atomic E-state index is 0.329. The summed E-state index contributed by atoms with van der Waals surface area (Å²) < 4.78 is 4.67. The minimum atomic E-state index is -0.329. The summed E-state index contributed by atoms with van der Waals surface area (Å²) in [5.41, 5.74) is 4.95. The van der Waals surface area contributed by atoms with Gasteiger partial charge < -0.3 is 9.72 Å². The molecule has 0 atom stereocenters. The van der Waals surface area contributed by atoms with Gasteiger partial charge in [-0.3, -0.25) is 4.90 Å². The average molecular weight is 417 g/mol. The summed E-state index contributed by atoms with van der Waals surface area (Å²) in [7, 11) is 1.39. The highest BCUT2D eigenvalue weighted by atomic mass is 16.5. The largest absolute Gasteiger partial charge is 0.466 e. The van der Waals surface area contributed by atoms with Crippen LogP contribution in [0.1, 0.15) is 48.8 Å². The van der Waals surface area contributed by atoms with Gasteiger partial charge in [-0.2, -0.15) is 0 Å². The Kier molecular flexibility index (Phi) is 7.21. The number of carbonyl (C=O) groups is 1.